The molecule has 0 amide bonds. The fourth-order valence-corrected chi connectivity index (χ4v) is 2.79. The third kappa shape index (κ3) is 8.03. The Hall–Kier alpha value is -1.16. The molecule has 8 heteroatoms. The van der Waals surface area contributed by atoms with Crippen LogP contribution in [0.5, 0.6) is 0 Å². The molecule has 5 nitrogen and oxygen atoms in total. The zero-order chi connectivity index (χ0) is 18.1. The predicted octanol–water partition coefficient (Wildman–Crippen LogP) is 3.67. The quantitative estimate of drug-likeness (QED) is 0.234. The van der Waals surface area contributed by atoms with Crippen LogP contribution in [0.25, 0.3) is 0 Å². The molecule has 0 spiro atoms. The molecular weight excluding hydrogens is 512 g/mol. The number of halogens is 3. The summed E-state index contributed by atoms with van der Waals surface area (Å²) in [7, 11) is 1.91. The first-order valence-electron chi connectivity index (χ1n) is 8.52. The second kappa shape index (κ2) is 12.3. The molecule has 1 heterocycles. The van der Waals surface area contributed by atoms with Gasteiger partial charge in [-0.3, -0.25) is 9.67 Å². The van der Waals surface area contributed by atoms with Crippen LogP contribution in [0.15, 0.2) is 40.1 Å². The molecule has 2 aromatic rings. The van der Waals surface area contributed by atoms with Crippen LogP contribution in [0, 0.1) is 5.82 Å². The number of hydrogen-bond donors (Lipinski definition) is 2. The van der Waals surface area contributed by atoms with E-state index in [1.165, 1.54) is 11.6 Å². The Morgan fingerprint density at radius 3 is 2.77 bits per heavy atom. The van der Waals surface area contributed by atoms with Crippen LogP contribution < -0.4 is 10.6 Å². The molecular formula is C18H26BrFIN5. The van der Waals surface area contributed by atoms with Gasteiger partial charge in [0.1, 0.15) is 5.82 Å². The summed E-state index contributed by atoms with van der Waals surface area (Å²) >= 11 is 3.27. The van der Waals surface area contributed by atoms with Gasteiger partial charge in [-0.25, -0.2) is 4.39 Å². The van der Waals surface area contributed by atoms with Crippen molar-refractivity contribution >= 4 is 45.9 Å². The minimum Gasteiger partial charge on any atom is -0.357 e. The number of aliphatic imine (C=N–C) groups is 1. The fourth-order valence-electron chi connectivity index (χ4n) is 2.45. The van der Waals surface area contributed by atoms with Crippen molar-refractivity contribution in [3.8, 4) is 0 Å². The van der Waals surface area contributed by atoms with Crippen LogP contribution in [0.4, 0.5) is 4.39 Å². The zero-order valence-electron chi connectivity index (χ0n) is 15.1. The lowest BCUT2D eigenvalue weighted by molar-refractivity contribution is 0.604. The molecule has 0 atom stereocenters. The highest BCUT2D eigenvalue weighted by Crippen LogP contribution is 2.16. The summed E-state index contributed by atoms with van der Waals surface area (Å²) in [6.07, 6.45) is 6.26. The molecule has 1 aromatic carbocycles. The highest BCUT2D eigenvalue weighted by atomic mass is 127. The Balaban J connectivity index is 0.00000338. The van der Waals surface area contributed by atoms with Crippen LogP contribution in [-0.2, 0) is 19.9 Å². The normalized spacial score (nSPS) is 11.2. The smallest absolute Gasteiger partial charge is 0.191 e. The molecule has 0 aliphatic rings. The summed E-state index contributed by atoms with van der Waals surface area (Å²) in [5, 5.41) is 10.7. The summed E-state index contributed by atoms with van der Waals surface area (Å²) < 4.78 is 16.4. The topological polar surface area (TPSA) is 54.2 Å². The Kier molecular flexibility index (Phi) is 10.8. The summed E-state index contributed by atoms with van der Waals surface area (Å²) in [5.74, 6) is 0.627. The van der Waals surface area contributed by atoms with E-state index in [0.29, 0.717) is 13.0 Å². The van der Waals surface area contributed by atoms with Gasteiger partial charge in [0, 0.05) is 37.4 Å². The molecule has 0 fully saturated rings. The number of aryl methyl sites for hydroxylation is 2. The third-order valence-corrected chi connectivity index (χ3v) is 4.19. The molecule has 0 bridgehead atoms. The zero-order valence-corrected chi connectivity index (χ0v) is 19.1. The van der Waals surface area contributed by atoms with Gasteiger partial charge in [0.05, 0.1) is 6.20 Å². The minimum atomic E-state index is -0.167. The summed E-state index contributed by atoms with van der Waals surface area (Å²) in [6.45, 7) is 4.28. The second-order valence-corrected chi connectivity index (χ2v) is 6.71. The standard InChI is InChI=1S/C18H25BrFN5.HI/c1-3-21-18(23-10-8-14-12-24-25(2)13-14)22-9-4-5-15-6-7-16(19)11-17(15)20;/h6-7,11-13H,3-5,8-10H2,1-2H3,(H2,21,22,23);1H. The van der Waals surface area contributed by atoms with Gasteiger partial charge in [-0.15, -0.1) is 24.0 Å². The molecule has 2 rings (SSSR count). The Bertz CT molecular complexity index is 705. The van der Waals surface area contributed by atoms with Crippen LogP contribution in [-0.4, -0.2) is 35.4 Å². The molecule has 0 radical (unpaired) electrons. The van der Waals surface area contributed by atoms with Crippen LogP contribution in [0.2, 0.25) is 0 Å². The first-order chi connectivity index (χ1) is 12.1. The summed E-state index contributed by atoms with van der Waals surface area (Å²) in [4.78, 5) is 4.55. The van der Waals surface area contributed by atoms with Gasteiger partial charge in [0.15, 0.2) is 5.96 Å². The van der Waals surface area contributed by atoms with E-state index in [1.54, 1.807) is 4.68 Å². The van der Waals surface area contributed by atoms with Gasteiger partial charge in [0.2, 0.25) is 0 Å². The highest BCUT2D eigenvalue weighted by molar-refractivity contribution is 14.0. The van der Waals surface area contributed by atoms with E-state index >= 15 is 0 Å². The van der Waals surface area contributed by atoms with Crippen molar-refractivity contribution in [2.75, 3.05) is 19.6 Å². The molecule has 2 N–H and O–H groups in total. The van der Waals surface area contributed by atoms with Crippen molar-refractivity contribution in [3.05, 3.63) is 52.0 Å². The monoisotopic (exact) mass is 537 g/mol. The van der Waals surface area contributed by atoms with Gasteiger partial charge in [0.25, 0.3) is 0 Å². The molecule has 0 saturated carbocycles. The van der Waals surface area contributed by atoms with E-state index in [-0.39, 0.29) is 29.8 Å². The maximum Gasteiger partial charge on any atom is 0.191 e. The first-order valence-corrected chi connectivity index (χ1v) is 9.31. The van der Waals surface area contributed by atoms with Crippen LogP contribution in [0.3, 0.4) is 0 Å². The van der Waals surface area contributed by atoms with Gasteiger partial charge in [-0.2, -0.15) is 5.10 Å². The molecule has 144 valence electrons. The van der Waals surface area contributed by atoms with Crippen LogP contribution in [0.1, 0.15) is 24.5 Å². The minimum absolute atomic E-state index is 0. The largest absolute Gasteiger partial charge is 0.357 e. The number of guanidine groups is 1. The van der Waals surface area contributed by atoms with Crippen molar-refractivity contribution in [2.24, 2.45) is 12.0 Å². The molecule has 26 heavy (non-hydrogen) atoms. The first kappa shape index (κ1) is 22.9. The average molecular weight is 538 g/mol. The van der Waals surface area contributed by atoms with E-state index in [2.05, 4.69) is 36.7 Å². The molecule has 0 unspecified atom stereocenters. The maximum absolute atomic E-state index is 13.8. The van der Waals surface area contributed by atoms with Crippen molar-refractivity contribution in [2.45, 2.75) is 26.2 Å². The molecule has 0 aliphatic carbocycles. The Morgan fingerprint density at radius 1 is 1.31 bits per heavy atom. The molecule has 0 saturated heterocycles. The number of hydrogen-bond acceptors (Lipinski definition) is 2. The van der Waals surface area contributed by atoms with Gasteiger partial charge in [-0.1, -0.05) is 22.0 Å². The van der Waals surface area contributed by atoms with Crippen LogP contribution >= 0.6 is 39.9 Å². The van der Waals surface area contributed by atoms with Crippen molar-refractivity contribution in [3.63, 3.8) is 0 Å². The number of nitrogens with zero attached hydrogens (tertiary/aromatic N) is 3. The lowest BCUT2D eigenvalue weighted by atomic mass is 10.1. The SMILES string of the molecule is CCNC(=NCCCc1ccc(Br)cc1F)NCCc1cnn(C)c1.I. The highest BCUT2D eigenvalue weighted by Gasteiger charge is 2.03. The van der Waals surface area contributed by atoms with E-state index in [4.69, 9.17) is 0 Å². The van der Waals surface area contributed by atoms with E-state index in [9.17, 15) is 4.39 Å². The third-order valence-electron chi connectivity index (χ3n) is 3.70. The van der Waals surface area contributed by atoms with Crippen molar-refractivity contribution < 1.29 is 4.39 Å². The number of nitrogens with one attached hydrogen (secondary N) is 2. The van der Waals surface area contributed by atoms with E-state index in [1.807, 2.05) is 38.5 Å². The number of aromatic nitrogens is 2. The van der Waals surface area contributed by atoms with E-state index < -0.39 is 0 Å². The van der Waals surface area contributed by atoms with Gasteiger partial charge >= 0.3 is 0 Å². The maximum atomic E-state index is 13.8. The Labute approximate surface area is 180 Å². The second-order valence-electron chi connectivity index (χ2n) is 5.80. The molecule has 0 aliphatic heterocycles. The van der Waals surface area contributed by atoms with Gasteiger partial charge in [-0.05, 0) is 49.4 Å². The number of rotatable bonds is 8. The predicted molar refractivity (Wildman–Crippen MR) is 119 cm³/mol. The van der Waals surface area contributed by atoms with Gasteiger partial charge < -0.3 is 10.6 Å². The lowest BCUT2D eigenvalue weighted by Crippen LogP contribution is -2.38. The number of benzene rings is 1. The fraction of sp³-hybridized carbons (Fsp3) is 0.444. The lowest BCUT2D eigenvalue weighted by Gasteiger charge is -2.11. The molecule has 1 aromatic heterocycles. The van der Waals surface area contributed by atoms with Crippen molar-refractivity contribution in [1.82, 2.24) is 20.4 Å². The van der Waals surface area contributed by atoms with Crippen molar-refractivity contribution in [1.29, 1.82) is 0 Å². The Morgan fingerprint density at radius 2 is 2.12 bits per heavy atom. The average Bonchev–Trinajstić information content (AvgIpc) is 2.98. The summed E-state index contributed by atoms with van der Waals surface area (Å²) in [5.41, 5.74) is 1.92. The summed E-state index contributed by atoms with van der Waals surface area (Å²) in [6, 6.07) is 5.19. The van der Waals surface area contributed by atoms with E-state index in [0.717, 1.165) is 41.9 Å².